The van der Waals surface area contributed by atoms with Crippen LogP contribution in [0.1, 0.15) is 16.1 Å². The minimum Gasteiger partial charge on any atom is -0.469 e. The molecule has 5 rings (SSSR count). The van der Waals surface area contributed by atoms with Crippen molar-refractivity contribution < 1.29 is 14.3 Å². The van der Waals surface area contributed by atoms with E-state index in [1.807, 2.05) is 37.5 Å². The zero-order chi connectivity index (χ0) is 25.2. The molecule has 4 aromatic heterocycles. The molecule has 0 aliphatic rings. The fourth-order valence-corrected chi connectivity index (χ4v) is 3.91. The lowest BCUT2D eigenvalue weighted by Crippen LogP contribution is -2.08. The number of aromatic nitrogens is 6. The topological polar surface area (TPSA) is 131 Å². The van der Waals surface area contributed by atoms with E-state index in [9.17, 15) is 4.79 Å². The zero-order valence-electron chi connectivity index (χ0n) is 19.3. The van der Waals surface area contributed by atoms with Crippen LogP contribution in [-0.4, -0.2) is 42.8 Å². The summed E-state index contributed by atoms with van der Waals surface area (Å²) in [6.07, 6.45) is 4.91. The van der Waals surface area contributed by atoms with Gasteiger partial charge in [-0.2, -0.15) is 5.10 Å². The van der Waals surface area contributed by atoms with Crippen molar-refractivity contribution in [3.05, 3.63) is 77.3 Å². The lowest BCUT2D eigenvalue weighted by atomic mass is 10.0. The third-order valence-corrected chi connectivity index (χ3v) is 5.67. The minimum atomic E-state index is -0.468. The van der Waals surface area contributed by atoms with E-state index in [-0.39, 0.29) is 18.3 Å². The number of methoxy groups -OCH3 is 1. The minimum absolute atomic E-state index is 0.0606. The number of ether oxygens (including phenoxy) is 2. The molecule has 1 aromatic carbocycles. The normalized spacial score (nSPS) is 11.0. The molecule has 4 heterocycles. The zero-order valence-corrected chi connectivity index (χ0v) is 20.1. The predicted octanol–water partition coefficient (Wildman–Crippen LogP) is 4.09. The summed E-state index contributed by atoms with van der Waals surface area (Å²) in [6, 6.07) is 12.6. The molecule has 180 valence electrons. The van der Waals surface area contributed by atoms with Gasteiger partial charge in [0.05, 0.1) is 28.9 Å². The molecule has 0 saturated carbocycles. The van der Waals surface area contributed by atoms with Gasteiger partial charge in [-0.3, -0.25) is 14.6 Å². The molecule has 0 amide bonds. The van der Waals surface area contributed by atoms with Gasteiger partial charge in [-0.15, -0.1) is 0 Å². The number of hydrogen-bond acceptors (Lipinski definition) is 9. The van der Waals surface area contributed by atoms with Gasteiger partial charge in [0, 0.05) is 36.6 Å². The quantitative estimate of drug-likeness (QED) is 0.342. The second-order valence-corrected chi connectivity index (χ2v) is 8.24. The first-order valence-corrected chi connectivity index (χ1v) is 11.2. The van der Waals surface area contributed by atoms with Crippen molar-refractivity contribution in [3.63, 3.8) is 0 Å². The van der Waals surface area contributed by atoms with Crippen molar-refractivity contribution in [1.29, 1.82) is 0 Å². The number of fused-ring (bicyclic) bond motifs is 1. The van der Waals surface area contributed by atoms with Gasteiger partial charge < -0.3 is 15.2 Å². The van der Waals surface area contributed by atoms with Crippen LogP contribution in [-0.2, 0) is 18.4 Å². The largest absolute Gasteiger partial charge is 0.469 e. The van der Waals surface area contributed by atoms with E-state index in [1.54, 1.807) is 29.1 Å². The molecule has 10 nitrogen and oxygen atoms in total. The van der Waals surface area contributed by atoms with Crippen LogP contribution >= 0.6 is 11.6 Å². The van der Waals surface area contributed by atoms with Gasteiger partial charge in [-0.1, -0.05) is 17.7 Å². The second-order valence-electron chi connectivity index (χ2n) is 7.84. The molecular weight excluding hydrogens is 482 g/mol. The summed E-state index contributed by atoms with van der Waals surface area (Å²) in [5.74, 6) is -0.242. The molecule has 5 aromatic rings. The third kappa shape index (κ3) is 4.53. The first-order valence-electron chi connectivity index (χ1n) is 10.8. The maximum Gasteiger partial charge on any atom is 0.339 e. The van der Waals surface area contributed by atoms with Gasteiger partial charge in [0.25, 0.3) is 5.88 Å². The Bertz CT molecular complexity index is 1590. The van der Waals surface area contributed by atoms with Crippen molar-refractivity contribution in [2.45, 2.75) is 6.61 Å². The average molecular weight is 502 g/mol. The number of nitrogens with zero attached hydrogens (tertiary/aromatic N) is 6. The van der Waals surface area contributed by atoms with Gasteiger partial charge in [-0.05, 0) is 36.4 Å². The highest BCUT2D eigenvalue weighted by Crippen LogP contribution is 2.36. The van der Waals surface area contributed by atoms with Crippen LogP contribution in [0.2, 0.25) is 5.02 Å². The van der Waals surface area contributed by atoms with Crippen LogP contribution in [0.15, 0.2) is 61.1 Å². The number of halogens is 1. The monoisotopic (exact) mass is 501 g/mol. The van der Waals surface area contributed by atoms with E-state index in [0.717, 1.165) is 5.39 Å². The van der Waals surface area contributed by atoms with Gasteiger partial charge in [0.1, 0.15) is 23.7 Å². The highest BCUT2D eigenvalue weighted by atomic mass is 35.5. The fourth-order valence-electron chi connectivity index (χ4n) is 3.64. The maximum absolute atomic E-state index is 11.6. The van der Waals surface area contributed by atoms with Crippen molar-refractivity contribution in [2.75, 3.05) is 12.8 Å². The Hall–Kier alpha value is -4.57. The second kappa shape index (κ2) is 9.59. The number of pyridine rings is 2. The van der Waals surface area contributed by atoms with Crippen LogP contribution < -0.4 is 10.5 Å². The average Bonchev–Trinajstić information content (AvgIpc) is 3.33. The van der Waals surface area contributed by atoms with E-state index in [1.165, 1.54) is 13.3 Å². The third-order valence-electron chi connectivity index (χ3n) is 5.38. The Morgan fingerprint density at radius 2 is 1.97 bits per heavy atom. The Labute approximate surface area is 210 Å². The van der Waals surface area contributed by atoms with Crippen LogP contribution in [0.4, 0.5) is 5.82 Å². The summed E-state index contributed by atoms with van der Waals surface area (Å²) >= 11 is 6.54. The molecule has 0 saturated heterocycles. The molecule has 0 fully saturated rings. The van der Waals surface area contributed by atoms with Crippen molar-refractivity contribution in [1.82, 2.24) is 29.7 Å². The summed E-state index contributed by atoms with van der Waals surface area (Å²) in [7, 11) is 3.13. The number of nitrogen functional groups attached to an aromatic ring is 1. The molecule has 0 aliphatic carbocycles. The Balaban J connectivity index is 1.55. The van der Waals surface area contributed by atoms with E-state index in [0.29, 0.717) is 44.4 Å². The number of rotatable bonds is 6. The molecule has 0 unspecified atom stereocenters. The van der Waals surface area contributed by atoms with Crippen molar-refractivity contribution in [2.24, 2.45) is 7.05 Å². The van der Waals surface area contributed by atoms with Crippen molar-refractivity contribution >= 4 is 34.3 Å². The lowest BCUT2D eigenvalue weighted by Gasteiger charge is -2.13. The number of benzene rings is 1. The summed E-state index contributed by atoms with van der Waals surface area (Å²) in [6.45, 7) is 0.0606. The van der Waals surface area contributed by atoms with Crippen molar-refractivity contribution in [3.8, 4) is 28.5 Å². The van der Waals surface area contributed by atoms with Crippen LogP contribution in [0, 0.1) is 0 Å². The fraction of sp³-hybridized carbons (Fsp3) is 0.120. The number of aryl methyl sites for hydroxylation is 1. The number of nitrogens with two attached hydrogens (primary N) is 1. The smallest absolute Gasteiger partial charge is 0.339 e. The van der Waals surface area contributed by atoms with E-state index in [2.05, 4.69) is 20.1 Å². The molecule has 0 spiro atoms. The van der Waals surface area contributed by atoms with Gasteiger partial charge in [0.15, 0.2) is 5.82 Å². The van der Waals surface area contributed by atoms with Gasteiger partial charge in [0.2, 0.25) is 0 Å². The molecule has 36 heavy (non-hydrogen) atoms. The molecule has 0 bridgehead atoms. The summed E-state index contributed by atoms with van der Waals surface area (Å²) in [4.78, 5) is 29.5. The molecule has 0 radical (unpaired) electrons. The standard InChI is InChI=1S/C25H20ClN7O3/c1-33-9-7-19(32-33)22-21(16-10-14-4-3-8-28-20(14)18(26)11-16)31-24(23(27)30-22)36-13-17-6-5-15(12-29-17)25(34)35-2/h3-12H,13H2,1-2H3,(H2,27,30). The van der Waals surface area contributed by atoms with Crippen LogP contribution in [0.5, 0.6) is 5.88 Å². The predicted molar refractivity (Wildman–Crippen MR) is 134 cm³/mol. The maximum atomic E-state index is 11.6. The summed E-state index contributed by atoms with van der Waals surface area (Å²) < 4.78 is 12.2. The SMILES string of the molecule is COC(=O)c1ccc(COc2nc(-c3cc(Cl)c4ncccc4c3)c(-c3ccn(C)n3)nc2N)nc1. The van der Waals surface area contributed by atoms with Gasteiger partial charge in [-0.25, -0.2) is 14.8 Å². The number of hydrogen-bond donors (Lipinski definition) is 1. The van der Waals surface area contributed by atoms with E-state index in [4.69, 9.17) is 31.8 Å². The Morgan fingerprint density at radius 3 is 2.69 bits per heavy atom. The molecule has 2 N–H and O–H groups in total. The van der Waals surface area contributed by atoms with Crippen LogP contribution in [0.25, 0.3) is 33.5 Å². The molecule has 0 atom stereocenters. The van der Waals surface area contributed by atoms with E-state index < -0.39 is 5.97 Å². The summed E-state index contributed by atoms with van der Waals surface area (Å²) in [5.41, 5.74) is 10.1. The molecule has 0 aliphatic heterocycles. The highest BCUT2D eigenvalue weighted by Gasteiger charge is 2.20. The number of esters is 1. The molecule has 11 heteroatoms. The molecular formula is C25H20ClN7O3. The Morgan fingerprint density at radius 1 is 1.11 bits per heavy atom. The van der Waals surface area contributed by atoms with E-state index >= 15 is 0 Å². The van der Waals surface area contributed by atoms with Gasteiger partial charge >= 0.3 is 5.97 Å². The number of carbonyl (C=O) groups is 1. The van der Waals surface area contributed by atoms with Crippen LogP contribution in [0.3, 0.4) is 0 Å². The highest BCUT2D eigenvalue weighted by molar-refractivity contribution is 6.35. The first-order chi connectivity index (χ1) is 17.4. The Kier molecular flexibility index (Phi) is 6.17. The number of anilines is 1. The lowest BCUT2D eigenvalue weighted by molar-refractivity contribution is 0.0600. The first kappa shape index (κ1) is 23.2. The number of carbonyl (C=O) groups excluding carboxylic acids is 1. The summed E-state index contributed by atoms with van der Waals surface area (Å²) in [5, 5.41) is 5.80.